The van der Waals surface area contributed by atoms with Gasteiger partial charge < -0.3 is 0 Å². The highest BCUT2D eigenvalue weighted by atomic mass is 33.1. The van der Waals surface area contributed by atoms with Gasteiger partial charge in [0.05, 0.1) is 0 Å². The van der Waals surface area contributed by atoms with Crippen molar-refractivity contribution >= 4 is 21.6 Å². The Bertz CT molecular complexity index is 102. The van der Waals surface area contributed by atoms with Crippen LogP contribution in [0.15, 0.2) is 0 Å². The molecule has 1 heterocycles. The SMILES string of the molecule is CN(C)N(C)C1CSSC1. The summed E-state index contributed by atoms with van der Waals surface area (Å²) in [6.07, 6.45) is 0. The zero-order chi connectivity index (χ0) is 7.56. The molecule has 0 radical (unpaired) electrons. The quantitative estimate of drug-likeness (QED) is 0.462. The molecule has 0 atom stereocenters. The third-order valence-electron chi connectivity index (χ3n) is 1.76. The summed E-state index contributed by atoms with van der Waals surface area (Å²) in [5.74, 6) is 2.53. The van der Waals surface area contributed by atoms with Crippen LogP contribution in [0.3, 0.4) is 0 Å². The predicted octanol–water partition coefficient (Wildman–Crippen LogP) is 1.16. The minimum absolute atomic E-state index is 0.741. The Hall–Kier alpha value is 0.620. The maximum Gasteiger partial charge on any atom is 0.0440 e. The van der Waals surface area contributed by atoms with Crippen molar-refractivity contribution < 1.29 is 0 Å². The lowest BCUT2D eigenvalue weighted by atomic mass is 10.4. The average molecular weight is 178 g/mol. The molecular formula is C6H14N2S2. The Labute approximate surface area is 70.7 Å². The second-order valence-electron chi connectivity index (χ2n) is 2.64. The number of rotatable bonds is 2. The van der Waals surface area contributed by atoms with Gasteiger partial charge in [-0.3, -0.25) is 0 Å². The lowest BCUT2D eigenvalue weighted by Gasteiger charge is -2.29. The highest BCUT2D eigenvalue weighted by molar-refractivity contribution is 8.77. The normalized spacial score (nSPS) is 21.3. The monoisotopic (exact) mass is 178 g/mol. The molecule has 0 aromatic heterocycles. The van der Waals surface area contributed by atoms with Crippen LogP contribution in [0.5, 0.6) is 0 Å². The highest BCUT2D eigenvalue weighted by Gasteiger charge is 2.21. The van der Waals surface area contributed by atoms with Crippen LogP contribution in [-0.2, 0) is 0 Å². The summed E-state index contributed by atoms with van der Waals surface area (Å²) in [4.78, 5) is 0. The van der Waals surface area contributed by atoms with Crippen LogP contribution in [0.4, 0.5) is 0 Å². The molecule has 0 saturated carbocycles. The van der Waals surface area contributed by atoms with Gasteiger partial charge in [0.15, 0.2) is 0 Å². The Kier molecular flexibility index (Phi) is 3.36. The zero-order valence-corrected chi connectivity index (χ0v) is 8.34. The predicted molar refractivity (Wildman–Crippen MR) is 50.2 cm³/mol. The molecule has 1 fully saturated rings. The summed E-state index contributed by atoms with van der Waals surface area (Å²) in [6, 6.07) is 0.741. The molecular weight excluding hydrogens is 164 g/mol. The van der Waals surface area contributed by atoms with E-state index in [1.165, 1.54) is 11.5 Å². The second-order valence-corrected chi connectivity index (χ2v) is 5.20. The molecule has 0 amide bonds. The van der Waals surface area contributed by atoms with E-state index in [2.05, 4.69) is 31.2 Å². The third-order valence-corrected chi connectivity index (χ3v) is 4.29. The third kappa shape index (κ3) is 2.05. The second kappa shape index (κ2) is 3.85. The number of hydrazine groups is 1. The highest BCUT2D eigenvalue weighted by Crippen LogP contribution is 2.32. The van der Waals surface area contributed by atoms with E-state index in [-0.39, 0.29) is 0 Å². The molecule has 0 aromatic carbocycles. The average Bonchev–Trinajstić information content (AvgIpc) is 2.36. The van der Waals surface area contributed by atoms with E-state index >= 15 is 0 Å². The molecule has 1 rings (SSSR count). The van der Waals surface area contributed by atoms with Crippen molar-refractivity contribution in [3.05, 3.63) is 0 Å². The molecule has 2 nitrogen and oxygen atoms in total. The smallest absolute Gasteiger partial charge is 0.0440 e. The molecule has 0 aromatic rings. The van der Waals surface area contributed by atoms with Crippen LogP contribution in [0.1, 0.15) is 0 Å². The van der Waals surface area contributed by atoms with Gasteiger partial charge in [-0.15, -0.1) is 0 Å². The first-order valence-corrected chi connectivity index (χ1v) is 5.85. The van der Waals surface area contributed by atoms with E-state index < -0.39 is 0 Å². The maximum atomic E-state index is 2.30. The first kappa shape index (κ1) is 8.71. The fourth-order valence-corrected chi connectivity index (χ4v) is 3.69. The summed E-state index contributed by atoms with van der Waals surface area (Å²) in [5.41, 5.74) is 0. The van der Waals surface area contributed by atoms with Gasteiger partial charge in [0.25, 0.3) is 0 Å². The Morgan fingerprint density at radius 3 is 2.00 bits per heavy atom. The Morgan fingerprint density at radius 2 is 1.60 bits per heavy atom. The van der Waals surface area contributed by atoms with Gasteiger partial charge in [-0.25, -0.2) is 10.0 Å². The van der Waals surface area contributed by atoms with Gasteiger partial charge in [0.2, 0.25) is 0 Å². The fourth-order valence-electron chi connectivity index (χ4n) is 0.844. The Morgan fingerprint density at radius 1 is 1.10 bits per heavy atom. The molecule has 60 valence electrons. The van der Waals surface area contributed by atoms with Gasteiger partial charge in [0.1, 0.15) is 0 Å². The summed E-state index contributed by atoms with van der Waals surface area (Å²) >= 11 is 0. The van der Waals surface area contributed by atoms with Gasteiger partial charge in [0, 0.05) is 38.7 Å². The maximum absolute atomic E-state index is 2.30. The molecule has 4 heteroatoms. The number of nitrogens with zero attached hydrogens (tertiary/aromatic N) is 2. The molecule has 10 heavy (non-hydrogen) atoms. The van der Waals surface area contributed by atoms with Crippen molar-refractivity contribution in [2.24, 2.45) is 0 Å². The molecule has 0 bridgehead atoms. The Balaban J connectivity index is 2.32. The van der Waals surface area contributed by atoms with Crippen LogP contribution in [0.2, 0.25) is 0 Å². The fraction of sp³-hybridized carbons (Fsp3) is 1.00. The summed E-state index contributed by atoms with van der Waals surface area (Å²) in [7, 11) is 10.3. The van der Waals surface area contributed by atoms with Crippen molar-refractivity contribution in [3.63, 3.8) is 0 Å². The van der Waals surface area contributed by atoms with Gasteiger partial charge in [-0.1, -0.05) is 21.6 Å². The lowest BCUT2D eigenvalue weighted by Crippen LogP contribution is -2.42. The van der Waals surface area contributed by atoms with Gasteiger partial charge in [-0.2, -0.15) is 0 Å². The number of hydrogen-bond acceptors (Lipinski definition) is 4. The summed E-state index contributed by atoms with van der Waals surface area (Å²) in [6.45, 7) is 0. The van der Waals surface area contributed by atoms with Crippen molar-refractivity contribution in [1.82, 2.24) is 10.0 Å². The van der Waals surface area contributed by atoms with E-state index in [1.54, 1.807) is 0 Å². The standard InChI is InChI=1S/C6H14N2S2/c1-7(2)8(3)6-4-9-10-5-6/h6H,4-5H2,1-3H3. The molecule has 1 saturated heterocycles. The van der Waals surface area contributed by atoms with Gasteiger partial charge in [-0.05, 0) is 0 Å². The van der Waals surface area contributed by atoms with Crippen molar-refractivity contribution in [2.75, 3.05) is 32.6 Å². The van der Waals surface area contributed by atoms with E-state index in [4.69, 9.17) is 0 Å². The largest absolute Gasteiger partial charge is 0.248 e. The molecule has 0 aliphatic carbocycles. The molecule has 0 N–H and O–H groups in total. The van der Waals surface area contributed by atoms with Crippen molar-refractivity contribution in [1.29, 1.82) is 0 Å². The molecule has 0 spiro atoms. The summed E-state index contributed by atoms with van der Waals surface area (Å²) < 4.78 is 0. The van der Waals surface area contributed by atoms with E-state index in [9.17, 15) is 0 Å². The summed E-state index contributed by atoms with van der Waals surface area (Å²) in [5, 5.41) is 4.45. The molecule has 1 aliphatic rings. The number of hydrogen-bond donors (Lipinski definition) is 0. The molecule has 0 unspecified atom stereocenters. The van der Waals surface area contributed by atoms with Crippen molar-refractivity contribution in [2.45, 2.75) is 6.04 Å². The first-order valence-electron chi connectivity index (χ1n) is 3.36. The van der Waals surface area contributed by atoms with Crippen LogP contribution in [0.25, 0.3) is 0 Å². The zero-order valence-electron chi connectivity index (χ0n) is 6.70. The van der Waals surface area contributed by atoms with Crippen molar-refractivity contribution in [3.8, 4) is 0 Å². The van der Waals surface area contributed by atoms with Crippen LogP contribution >= 0.6 is 21.6 Å². The van der Waals surface area contributed by atoms with Crippen LogP contribution in [0, 0.1) is 0 Å². The minimum Gasteiger partial charge on any atom is -0.248 e. The van der Waals surface area contributed by atoms with Gasteiger partial charge >= 0.3 is 0 Å². The van der Waals surface area contributed by atoms with E-state index in [1.807, 2.05) is 21.6 Å². The topological polar surface area (TPSA) is 6.48 Å². The van der Waals surface area contributed by atoms with E-state index in [0.717, 1.165) is 6.04 Å². The van der Waals surface area contributed by atoms with Crippen LogP contribution in [-0.4, -0.2) is 48.7 Å². The first-order chi connectivity index (χ1) is 4.72. The van der Waals surface area contributed by atoms with E-state index in [0.29, 0.717) is 0 Å². The van der Waals surface area contributed by atoms with Crippen LogP contribution < -0.4 is 0 Å². The lowest BCUT2D eigenvalue weighted by molar-refractivity contribution is 0.0287. The minimum atomic E-state index is 0.741. The molecule has 1 aliphatic heterocycles.